The highest BCUT2D eigenvalue weighted by atomic mass is 16.7. The fourth-order valence-corrected chi connectivity index (χ4v) is 3.50. The van der Waals surface area contributed by atoms with Gasteiger partial charge in [-0.05, 0) is 30.5 Å². The molecule has 1 saturated heterocycles. The average Bonchev–Trinajstić information content (AvgIpc) is 2.88. The van der Waals surface area contributed by atoms with Crippen molar-refractivity contribution >= 4 is 0 Å². The third-order valence-corrected chi connectivity index (χ3v) is 4.72. The van der Waals surface area contributed by atoms with Crippen molar-refractivity contribution in [2.75, 3.05) is 6.79 Å². The first kappa shape index (κ1) is 16.0. The summed E-state index contributed by atoms with van der Waals surface area (Å²) < 4.78 is 10.7. The number of hydrogen-bond acceptors (Lipinski definition) is 5. The van der Waals surface area contributed by atoms with Gasteiger partial charge in [-0.2, -0.15) is 0 Å². The lowest BCUT2D eigenvalue weighted by Crippen LogP contribution is -2.45. The number of benzene rings is 1. The molecule has 4 atom stereocenters. The van der Waals surface area contributed by atoms with Crippen LogP contribution in [0.5, 0.6) is 11.5 Å². The van der Waals surface area contributed by atoms with Gasteiger partial charge in [0.2, 0.25) is 12.8 Å². The summed E-state index contributed by atoms with van der Waals surface area (Å²) in [4.78, 5) is 11.2. The lowest BCUT2D eigenvalue weighted by Gasteiger charge is -2.29. The SMILES string of the molecule is CC(C(c1ccc2c(c1)OCO2)C1CCCCC([N])N1)[N+](=O)[O-]. The van der Waals surface area contributed by atoms with Gasteiger partial charge in [0.05, 0.1) is 12.1 Å². The molecule has 0 saturated carbocycles. The Bertz CT molecular complexity index is 580. The maximum Gasteiger partial charge on any atom is 0.231 e. The van der Waals surface area contributed by atoms with Crippen LogP contribution in [0, 0.1) is 10.1 Å². The Balaban J connectivity index is 1.93. The summed E-state index contributed by atoms with van der Waals surface area (Å²) in [5, 5.41) is 14.6. The topological polar surface area (TPSA) is 95.9 Å². The van der Waals surface area contributed by atoms with Gasteiger partial charge in [0, 0.05) is 17.9 Å². The standard InChI is InChI=1S/C16H21N3O4/c1-10(19(20)21)16(12-4-2-3-5-15(17)18-12)11-6-7-13-14(8-11)23-9-22-13/h6-8,10,12,15-16,18H,2-5,9H2,1H3. The molecule has 2 aliphatic rings. The van der Waals surface area contributed by atoms with Gasteiger partial charge in [-0.3, -0.25) is 15.4 Å². The zero-order valence-electron chi connectivity index (χ0n) is 13.1. The van der Waals surface area contributed by atoms with Crippen molar-refractivity contribution in [1.29, 1.82) is 0 Å². The zero-order chi connectivity index (χ0) is 16.4. The summed E-state index contributed by atoms with van der Waals surface area (Å²) in [7, 11) is 0. The Labute approximate surface area is 135 Å². The highest BCUT2D eigenvalue weighted by molar-refractivity contribution is 5.46. The molecule has 3 rings (SSSR count). The Morgan fingerprint density at radius 2 is 2.04 bits per heavy atom. The Morgan fingerprint density at radius 3 is 2.83 bits per heavy atom. The van der Waals surface area contributed by atoms with Crippen LogP contribution in [0.25, 0.3) is 0 Å². The van der Waals surface area contributed by atoms with Crippen LogP contribution in [0.1, 0.15) is 44.1 Å². The third-order valence-electron chi connectivity index (χ3n) is 4.72. The van der Waals surface area contributed by atoms with E-state index in [9.17, 15) is 15.8 Å². The van der Waals surface area contributed by atoms with E-state index in [1.807, 2.05) is 12.1 Å². The predicted molar refractivity (Wildman–Crippen MR) is 83.1 cm³/mol. The van der Waals surface area contributed by atoms with Crippen molar-refractivity contribution < 1.29 is 14.4 Å². The van der Waals surface area contributed by atoms with E-state index in [4.69, 9.17) is 9.47 Å². The zero-order valence-corrected chi connectivity index (χ0v) is 13.1. The van der Waals surface area contributed by atoms with Crippen LogP contribution < -0.4 is 20.5 Å². The normalized spacial score (nSPS) is 26.3. The third kappa shape index (κ3) is 3.40. The van der Waals surface area contributed by atoms with Gasteiger partial charge in [-0.25, -0.2) is 0 Å². The number of ether oxygens (including phenoxy) is 2. The summed E-state index contributed by atoms with van der Waals surface area (Å²) in [6.45, 7) is 1.79. The van der Waals surface area contributed by atoms with E-state index in [-0.39, 0.29) is 23.7 Å². The van der Waals surface area contributed by atoms with Gasteiger partial charge in [0.25, 0.3) is 0 Å². The summed E-state index contributed by atoms with van der Waals surface area (Å²) in [5.74, 6) is 0.944. The first-order valence-electron chi connectivity index (χ1n) is 8.03. The highest BCUT2D eigenvalue weighted by Gasteiger charge is 2.37. The first-order valence-corrected chi connectivity index (χ1v) is 8.03. The minimum atomic E-state index is -0.766. The second-order valence-electron chi connectivity index (χ2n) is 6.24. The summed E-state index contributed by atoms with van der Waals surface area (Å²) >= 11 is 0. The molecule has 1 fully saturated rings. The van der Waals surface area contributed by atoms with Crippen LogP contribution in [0.4, 0.5) is 0 Å². The molecule has 0 bridgehead atoms. The maximum absolute atomic E-state index is 11.4. The van der Waals surface area contributed by atoms with Crippen LogP contribution in [0.3, 0.4) is 0 Å². The smallest absolute Gasteiger partial charge is 0.231 e. The van der Waals surface area contributed by atoms with Gasteiger partial charge in [-0.15, -0.1) is 5.73 Å². The molecule has 0 aliphatic carbocycles. The van der Waals surface area contributed by atoms with Gasteiger partial charge < -0.3 is 9.47 Å². The number of rotatable bonds is 4. The molecule has 2 radical (unpaired) electrons. The quantitative estimate of drug-likeness (QED) is 0.677. The molecule has 2 aliphatic heterocycles. The molecule has 0 amide bonds. The van der Waals surface area contributed by atoms with E-state index in [1.165, 1.54) is 0 Å². The van der Waals surface area contributed by atoms with E-state index < -0.39 is 12.2 Å². The minimum Gasteiger partial charge on any atom is -0.454 e. The van der Waals surface area contributed by atoms with Crippen LogP contribution in [-0.4, -0.2) is 30.0 Å². The maximum atomic E-state index is 11.4. The fourth-order valence-electron chi connectivity index (χ4n) is 3.50. The van der Waals surface area contributed by atoms with Crippen LogP contribution >= 0.6 is 0 Å². The highest BCUT2D eigenvalue weighted by Crippen LogP contribution is 2.38. The monoisotopic (exact) mass is 319 g/mol. The van der Waals surface area contributed by atoms with Crippen molar-refractivity contribution in [3.8, 4) is 11.5 Å². The van der Waals surface area contributed by atoms with Crippen molar-refractivity contribution in [2.24, 2.45) is 0 Å². The lowest BCUT2D eigenvalue weighted by atomic mass is 9.83. The van der Waals surface area contributed by atoms with Gasteiger partial charge in [-0.1, -0.05) is 18.9 Å². The molecular formula is C16H21N3O4. The summed E-state index contributed by atoms with van der Waals surface area (Å²) in [6.07, 6.45) is 2.73. The van der Waals surface area contributed by atoms with Crippen LogP contribution in [0.2, 0.25) is 0 Å². The average molecular weight is 319 g/mol. The first-order chi connectivity index (χ1) is 11.1. The van der Waals surface area contributed by atoms with E-state index >= 15 is 0 Å². The Hall–Kier alpha value is -1.86. The van der Waals surface area contributed by atoms with Gasteiger partial charge in [0.1, 0.15) is 0 Å². The number of nitro groups is 1. The molecule has 1 aromatic carbocycles. The second kappa shape index (κ2) is 6.72. The second-order valence-corrected chi connectivity index (χ2v) is 6.24. The number of nitrogens with zero attached hydrogens (tertiary/aromatic N) is 2. The van der Waals surface area contributed by atoms with E-state index in [0.717, 1.165) is 24.8 Å². The summed E-state index contributed by atoms with van der Waals surface area (Å²) in [5.41, 5.74) is 10.8. The van der Waals surface area contributed by atoms with Crippen molar-refractivity contribution in [3.63, 3.8) is 0 Å². The van der Waals surface area contributed by atoms with E-state index in [2.05, 4.69) is 5.32 Å². The van der Waals surface area contributed by atoms with E-state index in [1.54, 1.807) is 13.0 Å². The molecular weight excluding hydrogens is 298 g/mol. The predicted octanol–water partition coefficient (Wildman–Crippen LogP) is 2.09. The Kier molecular flexibility index (Phi) is 4.68. The summed E-state index contributed by atoms with van der Waals surface area (Å²) in [6, 6.07) is 4.57. The number of hydrogen-bond donors (Lipinski definition) is 1. The molecule has 7 heteroatoms. The molecule has 0 aromatic heterocycles. The fraction of sp³-hybridized carbons (Fsp3) is 0.625. The van der Waals surface area contributed by atoms with Crippen molar-refractivity contribution in [3.05, 3.63) is 33.9 Å². The lowest BCUT2D eigenvalue weighted by molar-refractivity contribution is -0.523. The molecule has 2 heterocycles. The molecule has 1 N–H and O–H groups in total. The number of nitrogens with one attached hydrogen (secondary N) is 1. The molecule has 0 spiro atoms. The molecule has 124 valence electrons. The molecule has 23 heavy (non-hydrogen) atoms. The van der Waals surface area contributed by atoms with Gasteiger partial charge in [0.15, 0.2) is 11.5 Å². The van der Waals surface area contributed by atoms with Gasteiger partial charge >= 0.3 is 0 Å². The molecule has 1 aromatic rings. The van der Waals surface area contributed by atoms with Crippen LogP contribution in [0.15, 0.2) is 18.2 Å². The minimum absolute atomic E-state index is 0.145. The van der Waals surface area contributed by atoms with Crippen molar-refractivity contribution in [1.82, 2.24) is 11.1 Å². The van der Waals surface area contributed by atoms with Crippen LogP contribution in [-0.2, 0) is 0 Å². The number of fused-ring (bicyclic) bond motifs is 1. The Morgan fingerprint density at radius 1 is 1.30 bits per heavy atom. The molecule has 4 unspecified atom stereocenters. The molecule has 7 nitrogen and oxygen atoms in total. The largest absolute Gasteiger partial charge is 0.454 e. The van der Waals surface area contributed by atoms with Crippen molar-refractivity contribution in [2.45, 2.75) is 56.8 Å². The van der Waals surface area contributed by atoms with E-state index in [0.29, 0.717) is 17.9 Å².